The molecule has 30 valence electrons. The van der Waals surface area contributed by atoms with Crippen LogP contribution >= 0.6 is 0 Å². The Labute approximate surface area is 49.7 Å². The van der Waals surface area contributed by atoms with E-state index in [1.54, 1.807) is 0 Å². The molecule has 0 atom stereocenters. The monoisotopic (exact) mass is 327 g/mol. The second kappa shape index (κ2) is 31.5. The fourth-order valence-electron chi connectivity index (χ4n) is 0. The minimum absolute atomic E-state index is 0. The quantitative estimate of drug-likeness (QED) is 0.530. The topological polar surface area (TPSA) is 48.6 Å². The molecule has 0 heterocycles. The Morgan fingerprint density at radius 1 is 1.25 bits per heavy atom. The summed E-state index contributed by atoms with van der Waals surface area (Å²) in [6.07, 6.45) is 0. The van der Waals surface area contributed by atoms with Crippen molar-refractivity contribution in [2.75, 3.05) is 0 Å². The van der Waals surface area contributed by atoms with Crippen LogP contribution in [-0.4, -0.2) is 5.48 Å². The zero-order valence-electron chi connectivity index (χ0n) is 1.63. The van der Waals surface area contributed by atoms with Crippen molar-refractivity contribution in [3.63, 3.8) is 0 Å². The molecule has 0 aromatic rings. The predicted octanol–water partition coefficient (Wildman–Crippen LogP) is -0.949. The molecule has 0 amide bonds. The molecule has 0 aliphatic rings. The fourth-order valence-corrected chi connectivity index (χ4v) is 0. The first-order valence-corrected chi connectivity index (χ1v) is 1.06. The molecule has 0 aromatic heterocycles. The fraction of sp³-hybridized carbons (Fsp3) is 0. The van der Waals surface area contributed by atoms with Crippen molar-refractivity contribution >= 4 is 0 Å². The Balaban J connectivity index is -0.00000000500. The van der Waals surface area contributed by atoms with Gasteiger partial charge in [-0.1, -0.05) is 0 Å². The summed E-state index contributed by atoms with van der Waals surface area (Å²) in [4.78, 5) is 0. The van der Waals surface area contributed by atoms with Crippen LogP contribution in [0.5, 0.6) is 0 Å². The van der Waals surface area contributed by atoms with Crippen LogP contribution in [0.4, 0.5) is 0 Å². The van der Waals surface area contributed by atoms with Gasteiger partial charge in [-0.2, -0.15) is 0 Å². The molecule has 0 aliphatic carbocycles. The van der Waals surface area contributed by atoms with Crippen molar-refractivity contribution in [3.8, 4) is 0 Å². The van der Waals surface area contributed by atoms with Crippen LogP contribution in [0.15, 0.2) is 0 Å². The van der Waals surface area contributed by atoms with Crippen molar-refractivity contribution in [1.29, 1.82) is 0 Å². The summed E-state index contributed by atoms with van der Waals surface area (Å²) in [6.45, 7) is 0. The van der Waals surface area contributed by atoms with E-state index >= 15 is 0 Å². The van der Waals surface area contributed by atoms with Gasteiger partial charge in [0, 0.05) is 21.1 Å². The van der Waals surface area contributed by atoms with Crippen LogP contribution < -0.4 is 0 Å². The van der Waals surface area contributed by atoms with Crippen molar-refractivity contribution in [2.24, 2.45) is 0 Å². The molecule has 2 N–H and O–H groups in total. The first-order chi connectivity index (χ1) is 1.00. The summed E-state index contributed by atoms with van der Waals surface area (Å²) in [6, 6.07) is 0. The maximum atomic E-state index is 8.22. The van der Waals surface area contributed by atoms with Crippen LogP contribution in [0, 0.1) is 0 Å². The van der Waals surface area contributed by atoms with E-state index in [9.17, 15) is 0 Å². The van der Waals surface area contributed by atoms with Crippen molar-refractivity contribution < 1.29 is 49.7 Å². The van der Waals surface area contributed by atoms with Gasteiger partial charge in [0.25, 0.3) is 0 Å². The molecule has 0 rings (SSSR count). The second-order valence-corrected chi connectivity index (χ2v) is 0. The van der Waals surface area contributed by atoms with E-state index in [1.807, 2.05) is 0 Å². The van der Waals surface area contributed by atoms with Crippen molar-refractivity contribution in [1.82, 2.24) is 0 Å². The van der Waals surface area contributed by atoms with E-state index in [4.69, 9.17) is 3.40 Å². The molecule has 0 saturated heterocycles. The van der Waals surface area contributed by atoms with Gasteiger partial charge in [-0.3, -0.25) is 0 Å². The number of rotatable bonds is 0. The molecule has 0 aromatic carbocycles. The summed E-state index contributed by atoms with van der Waals surface area (Å²) >= 11 is 0.889. The Morgan fingerprint density at radius 3 is 1.25 bits per heavy atom. The third-order valence-corrected chi connectivity index (χ3v) is 0. The van der Waals surface area contributed by atoms with E-state index in [-0.39, 0.29) is 26.5 Å². The molecule has 0 saturated carbocycles. The molecule has 4 heteroatoms. The first kappa shape index (κ1) is 19.3. The average Bonchev–Trinajstić information content (AvgIpc) is 1.00. The summed E-state index contributed by atoms with van der Waals surface area (Å²) in [5.74, 6) is 0. The van der Waals surface area contributed by atoms with E-state index in [2.05, 4.69) is 0 Å². The van der Waals surface area contributed by atoms with Gasteiger partial charge in [-0.05, 0) is 0 Å². The van der Waals surface area contributed by atoms with Gasteiger partial charge in [0.15, 0.2) is 0 Å². The SMILES string of the molecule is O.[Mo].[O]=[Pt]. The molecule has 2 nitrogen and oxygen atoms in total. The first-order valence-electron chi connectivity index (χ1n) is 0.129. The zero-order chi connectivity index (χ0) is 2.00. The van der Waals surface area contributed by atoms with Gasteiger partial charge in [0.2, 0.25) is 0 Å². The summed E-state index contributed by atoms with van der Waals surface area (Å²) in [5.41, 5.74) is 0. The van der Waals surface area contributed by atoms with E-state index < -0.39 is 0 Å². The van der Waals surface area contributed by atoms with Crippen LogP contribution in [0.1, 0.15) is 0 Å². The standard InChI is InChI=1S/Mo.H2O.O.Pt/h;1H2;;. The van der Waals surface area contributed by atoms with Gasteiger partial charge in [-0.15, -0.1) is 0 Å². The van der Waals surface area contributed by atoms with Crippen molar-refractivity contribution in [2.45, 2.75) is 0 Å². The molecule has 0 fully saturated rings. The van der Waals surface area contributed by atoms with E-state index in [0.717, 1.165) is 19.8 Å². The Bertz CT molecular complexity index is 6.00. The summed E-state index contributed by atoms with van der Waals surface area (Å²) in [5, 5.41) is 0. The summed E-state index contributed by atoms with van der Waals surface area (Å²) < 4.78 is 8.22. The Morgan fingerprint density at radius 2 is 1.25 bits per heavy atom. The number of hydrogen-bond acceptors (Lipinski definition) is 1. The van der Waals surface area contributed by atoms with Crippen LogP contribution in [0.2, 0.25) is 0 Å². The maximum absolute atomic E-state index is 8.22. The van der Waals surface area contributed by atoms with Crippen LogP contribution in [0.25, 0.3) is 0 Å². The van der Waals surface area contributed by atoms with Gasteiger partial charge in [0.1, 0.15) is 0 Å². The number of hydrogen-bond donors (Lipinski definition) is 0. The average molecular weight is 325 g/mol. The Kier molecular flexibility index (Phi) is 152. The van der Waals surface area contributed by atoms with Gasteiger partial charge < -0.3 is 5.48 Å². The van der Waals surface area contributed by atoms with E-state index in [1.165, 1.54) is 0 Å². The van der Waals surface area contributed by atoms with Crippen molar-refractivity contribution in [3.05, 3.63) is 0 Å². The third kappa shape index (κ3) is 11.1. The minimum atomic E-state index is 0. The normalized spacial score (nSPS) is 1.50. The summed E-state index contributed by atoms with van der Waals surface area (Å²) in [7, 11) is 0. The molecule has 0 radical (unpaired) electrons. The van der Waals surface area contributed by atoms with Gasteiger partial charge in [0.05, 0.1) is 0 Å². The molecule has 0 aliphatic heterocycles. The zero-order valence-corrected chi connectivity index (χ0v) is 5.91. The molecule has 0 unspecified atom stereocenters. The molecule has 0 spiro atoms. The molecular formula is H2MoO2Pt. The predicted molar refractivity (Wildman–Crippen MR) is 4.30 cm³/mol. The molecule has 0 bridgehead atoms. The molecular weight excluding hydrogens is 323 g/mol. The molecule has 4 heavy (non-hydrogen) atoms. The van der Waals surface area contributed by atoms with Crippen LogP contribution in [-0.2, 0) is 44.2 Å². The third-order valence-electron chi connectivity index (χ3n) is 0. The van der Waals surface area contributed by atoms with Gasteiger partial charge >= 0.3 is 23.2 Å². The van der Waals surface area contributed by atoms with Crippen LogP contribution in [0.3, 0.4) is 0 Å². The van der Waals surface area contributed by atoms with Gasteiger partial charge in [-0.25, -0.2) is 0 Å². The second-order valence-electron chi connectivity index (χ2n) is 0. The van der Waals surface area contributed by atoms with E-state index in [0.29, 0.717) is 0 Å². The Hall–Kier alpha value is 1.14.